The zero-order chi connectivity index (χ0) is 14.8. The highest BCUT2D eigenvalue weighted by Crippen LogP contribution is 2.32. The van der Waals surface area contributed by atoms with Crippen LogP contribution in [-0.2, 0) is 0 Å². The van der Waals surface area contributed by atoms with Crippen LogP contribution in [0.15, 0.2) is 24.3 Å². The maximum Gasteiger partial charge on any atom is 0.0604 e. The zero-order valence-corrected chi connectivity index (χ0v) is 13.4. The number of nitrogens with two attached hydrogens (primary N) is 1. The van der Waals surface area contributed by atoms with E-state index in [1.54, 1.807) is 0 Å². The highest BCUT2D eigenvalue weighted by atomic mass is 15.2. The number of likely N-dealkylation sites (N-methyl/N-ethyl adjacent to an activating group) is 1. The van der Waals surface area contributed by atoms with Crippen molar-refractivity contribution in [2.45, 2.75) is 39.7 Å². The molecule has 3 heteroatoms. The molecule has 0 bridgehead atoms. The van der Waals surface area contributed by atoms with Crippen molar-refractivity contribution in [2.24, 2.45) is 11.1 Å². The molecule has 2 N–H and O–H groups in total. The second kappa shape index (κ2) is 6.04. The predicted molar refractivity (Wildman–Crippen MR) is 88.6 cm³/mol. The Morgan fingerprint density at radius 2 is 1.80 bits per heavy atom. The minimum absolute atomic E-state index is 0.293. The number of hydrogen-bond acceptors (Lipinski definition) is 3. The molecule has 1 aromatic rings. The van der Waals surface area contributed by atoms with Gasteiger partial charge in [0.05, 0.1) is 11.4 Å². The normalized spacial score (nSPS) is 17.1. The van der Waals surface area contributed by atoms with Crippen molar-refractivity contribution < 1.29 is 0 Å². The maximum absolute atomic E-state index is 6.29. The van der Waals surface area contributed by atoms with Gasteiger partial charge in [0.25, 0.3) is 0 Å². The Hall–Kier alpha value is -1.22. The lowest BCUT2D eigenvalue weighted by molar-refractivity contribution is 0.331. The van der Waals surface area contributed by atoms with E-state index in [2.05, 4.69) is 61.9 Å². The molecule has 0 spiro atoms. The summed E-state index contributed by atoms with van der Waals surface area (Å²) in [7, 11) is 2.17. The number of fused-ring (bicyclic) bond motifs is 1. The first kappa shape index (κ1) is 15.2. The Kier molecular flexibility index (Phi) is 4.59. The van der Waals surface area contributed by atoms with E-state index in [4.69, 9.17) is 5.73 Å². The Morgan fingerprint density at radius 1 is 1.15 bits per heavy atom. The summed E-state index contributed by atoms with van der Waals surface area (Å²) < 4.78 is 0. The van der Waals surface area contributed by atoms with Crippen LogP contribution in [0.2, 0.25) is 0 Å². The van der Waals surface area contributed by atoms with E-state index in [0.29, 0.717) is 11.5 Å². The van der Waals surface area contributed by atoms with Gasteiger partial charge in [-0.15, -0.1) is 0 Å². The monoisotopic (exact) mass is 275 g/mol. The smallest absolute Gasteiger partial charge is 0.0604 e. The molecular weight excluding hydrogens is 246 g/mol. The van der Waals surface area contributed by atoms with Gasteiger partial charge in [-0.05, 0) is 30.4 Å². The lowest BCUT2D eigenvalue weighted by Gasteiger charge is -2.37. The summed E-state index contributed by atoms with van der Waals surface area (Å²) >= 11 is 0. The molecule has 0 amide bonds. The van der Waals surface area contributed by atoms with Crippen molar-refractivity contribution in [1.82, 2.24) is 0 Å². The molecule has 1 aliphatic rings. The quantitative estimate of drug-likeness (QED) is 0.916. The minimum Gasteiger partial charge on any atom is -0.371 e. The van der Waals surface area contributed by atoms with E-state index in [0.717, 1.165) is 32.5 Å². The van der Waals surface area contributed by atoms with Gasteiger partial charge in [-0.1, -0.05) is 32.9 Å². The van der Waals surface area contributed by atoms with E-state index >= 15 is 0 Å². The third kappa shape index (κ3) is 3.89. The van der Waals surface area contributed by atoms with Crippen LogP contribution < -0.4 is 15.5 Å². The molecule has 1 unspecified atom stereocenters. The molecule has 0 fully saturated rings. The highest BCUT2D eigenvalue weighted by Gasteiger charge is 2.21. The summed E-state index contributed by atoms with van der Waals surface area (Å²) in [6, 6.07) is 8.96. The van der Waals surface area contributed by atoms with Crippen LogP contribution in [0, 0.1) is 5.41 Å². The average Bonchev–Trinajstić information content (AvgIpc) is 2.36. The van der Waals surface area contributed by atoms with Crippen molar-refractivity contribution >= 4 is 11.4 Å². The number of benzene rings is 1. The minimum atomic E-state index is 0.293. The summed E-state index contributed by atoms with van der Waals surface area (Å²) in [5.41, 5.74) is 9.29. The molecule has 3 nitrogen and oxygen atoms in total. The summed E-state index contributed by atoms with van der Waals surface area (Å²) in [6.07, 6.45) is 2.15. The molecule has 0 saturated carbocycles. The van der Waals surface area contributed by atoms with E-state index in [9.17, 15) is 0 Å². The van der Waals surface area contributed by atoms with Crippen molar-refractivity contribution in [2.75, 3.05) is 36.5 Å². The van der Waals surface area contributed by atoms with Gasteiger partial charge in [-0.2, -0.15) is 0 Å². The van der Waals surface area contributed by atoms with E-state index in [1.165, 1.54) is 11.4 Å². The molecule has 0 aliphatic carbocycles. The van der Waals surface area contributed by atoms with Crippen LogP contribution in [0.25, 0.3) is 0 Å². The number of anilines is 2. The van der Waals surface area contributed by atoms with Crippen LogP contribution in [0.4, 0.5) is 11.4 Å². The molecule has 0 radical (unpaired) electrons. The topological polar surface area (TPSA) is 32.5 Å². The first-order valence-corrected chi connectivity index (χ1v) is 7.67. The average molecular weight is 275 g/mol. The van der Waals surface area contributed by atoms with E-state index in [-0.39, 0.29) is 0 Å². The van der Waals surface area contributed by atoms with Gasteiger partial charge in [-0.25, -0.2) is 0 Å². The number of para-hydroxylation sites is 2. The lowest BCUT2D eigenvalue weighted by Crippen LogP contribution is -2.41. The second-order valence-corrected chi connectivity index (χ2v) is 7.21. The molecule has 1 aliphatic heterocycles. The van der Waals surface area contributed by atoms with Crippen LogP contribution in [0.1, 0.15) is 33.6 Å². The highest BCUT2D eigenvalue weighted by molar-refractivity contribution is 5.73. The van der Waals surface area contributed by atoms with Gasteiger partial charge in [0.1, 0.15) is 0 Å². The predicted octanol–water partition coefficient (Wildman–Crippen LogP) is 3.10. The molecular formula is C17H29N3. The largest absolute Gasteiger partial charge is 0.371 e. The van der Waals surface area contributed by atoms with Crippen LogP contribution in [-0.4, -0.2) is 32.7 Å². The Morgan fingerprint density at radius 3 is 2.45 bits per heavy atom. The fraction of sp³-hybridized carbons (Fsp3) is 0.647. The fourth-order valence-electron chi connectivity index (χ4n) is 3.01. The second-order valence-electron chi connectivity index (χ2n) is 7.21. The van der Waals surface area contributed by atoms with E-state index < -0.39 is 0 Å². The summed E-state index contributed by atoms with van der Waals surface area (Å²) in [4.78, 5) is 4.82. The van der Waals surface area contributed by atoms with Crippen molar-refractivity contribution in [3.8, 4) is 0 Å². The summed E-state index contributed by atoms with van der Waals surface area (Å²) in [5.74, 6) is 0. The van der Waals surface area contributed by atoms with Gasteiger partial charge in [-0.3, -0.25) is 0 Å². The number of nitrogens with zero attached hydrogens (tertiary/aromatic N) is 2. The summed E-state index contributed by atoms with van der Waals surface area (Å²) in [5, 5.41) is 0. The van der Waals surface area contributed by atoms with Crippen molar-refractivity contribution in [3.63, 3.8) is 0 Å². The van der Waals surface area contributed by atoms with Gasteiger partial charge in [0.2, 0.25) is 0 Å². The standard InChI is InChI=1S/C17H29N3/c1-17(2,3)13-14(18)9-10-20-12-11-19(4)15-7-5-6-8-16(15)20/h5-8,14H,9-13,18H2,1-4H3. The van der Waals surface area contributed by atoms with Crippen LogP contribution in [0.3, 0.4) is 0 Å². The van der Waals surface area contributed by atoms with Gasteiger partial charge in [0, 0.05) is 32.7 Å². The molecule has 1 aromatic carbocycles. The van der Waals surface area contributed by atoms with Crippen LogP contribution in [0.5, 0.6) is 0 Å². The fourth-order valence-corrected chi connectivity index (χ4v) is 3.01. The summed E-state index contributed by atoms with van der Waals surface area (Å²) in [6.45, 7) is 10.0. The van der Waals surface area contributed by atoms with Gasteiger partial charge >= 0.3 is 0 Å². The zero-order valence-electron chi connectivity index (χ0n) is 13.4. The van der Waals surface area contributed by atoms with Gasteiger partial charge in [0.15, 0.2) is 0 Å². The Labute approximate surface area is 123 Å². The number of hydrogen-bond donors (Lipinski definition) is 1. The maximum atomic E-state index is 6.29. The molecule has 0 saturated heterocycles. The van der Waals surface area contributed by atoms with E-state index in [1.807, 2.05) is 0 Å². The molecule has 0 aromatic heterocycles. The van der Waals surface area contributed by atoms with Crippen molar-refractivity contribution in [3.05, 3.63) is 24.3 Å². The Bertz CT molecular complexity index is 436. The number of rotatable bonds is 4. The lowest BCUT2D eigenvalue weighted by atomic mass is 9.87. The Balaban J connectivity index is 1.96. The molecule has 20 heavy (non-hydrogen) atoms. The molecule has 112 valence electrons. The first-order chi connectivity index (χ1) is 9.37. The molecule has 1 atom stereocenters. The van der Waals surface area contributed by atoms with Crippen LogP contribution >= 0.6 is 0 Å². The SMILES string of the molecule is CN1CCN(CCC(N)CC(C)(C)C)c2ccccc21. The third-order valence-corrected chi connectivity index (χ3v) is 3.98. The molecule has 1 heterocycles. The van der Waals surface area contributed by atoms with Crippen molar-refractivity contribution in [1.29, 1.82) is 0 Å². The van der Waals surface area contributed by atoms with Gasteiger partial charge < -0.3 is 15.5 Å². The molecule has 2 rings (SSSR count). The third-order valence-electron chi connectivity index (χ3n) is 3.98. The first-order valence-electron chi connectivity index (χ1n) is 7.67.